The number of methoxy groups -OCH3 is 2. The molecule has 8 heteroatoms. The number of thiophene rings is 1. The van der Waals surface area contributed by atoms with Crippen LogP contribution in [0.3, 0.4) is 0 Å². The van der Waals surface area contributed by atoms with Gasteiger partial charge in [-0.15, -0.1) is 11.3 Å². The number of hydrogen-bond donors (Lipinski definition) is 1. The van der Waals surface area contributed by atoms with Crippen molar-refractivity contribution in [1.82, 2.24) is 4.72 Å². The first kappa shape index (κ1) is 19.0. The summed E-state index contributed by atoms with van der Waals surface area (Å²) < 4.78 is 39.9. The van der Waals surface area contributed by atoms with Crippen LogP contribution in [0.4, 0.5) is 0 Å². The van der Waals surface area contributed by atoms with Crippen LogP contribution < -0.4 is 14.2 Å². The van der Waals surface area contributed by atoms with E-state index in [1.54, 1.807) is 44.4 Å². The molecule has 1 N–H and O–H groups in total. The third-order valence-electron chi connectivity index (χ3n) is 4.05. The predicted molar refractivity (Wildman–Crippen MR) is 105 cm³/mol. The quantitative estimate of drug-likeness (QED) is 0.654. The second-order valence-corrected chi connectivity index (χ2v) is 9.11. The van der Waals surface area contributed by atoms with Crippen LogP contribution in [-0.2, 0) is 16.6 Å². The first-order valence-corrected chi connectivity index (χ1v) is 10.4. The second kappa shape index (κ2) is 7.44. The fourth-order valence-electron chi connectivity index (χ4n) is 2.66. The molecule has 5 nitrogen and oxygen atoms in total. The van der Waals surface area contributed by atoms with E-state index in [2.05, 4.69) is 4.72 Å². The lowest BCUT2D eigenvalue weighted by atomic mass is 10.2. The third-order valence-corrected chi connectivity index (χ3v) is 7.57. The highest BCUT2D eigenvalue weighted by atomic mass is 35.5. The Bertz CT molecular complexity index is 1060. The number of halogens is 1. The van der Waals surface area contributed by atoms with E-state index < -0.39 is 10.0 Å². The molecule has 0 aliphatic carbocycles. The van der Waals surface area contributed by atoms with Gasteiger partial charge < -0.3 is 9.47 Å². The van der Waals surface area contributed by atoms with Crippen molar-refractivity contribution in [2.24, 2.45) is 0 Å². The highest BCUT2D eigenvalue weighted by Gasteiger charge is 2.22. The molecule has 2 aromatic carbocycles. The largest absolute Gasteiger partial charge is 0.497 e. The molecule has 0 spiro atoms. The summed E-state index contributed by atoms with van der Waals surface area (Å²) in [5, 5.41) is 1.43. The second-order valence-electron chi connectivity index (χ2n) is 5.66. The molecule has 26 heavy (non-hydrogen) atoms. The molecule has 0 radical (unpaired) electrons. The molecule has 0 saturated carbocycles. The van der Waals surface area contributed by atoms with Crippen molar-refractivity contribution in [3.63, 3.8) is 0 Å². The number of nitrogens with one attached hydrogen (secondary N) is 1. The molecule has 3 rings (SSSR count). The zero-order valence-corrected chi connectivity index (χ0v) is 16.9. The van der Waals surface area contributed by atoms with Gasteiger partial charge in [-0.05, 0) is 42.1 Å². The van der Waals surface area contributed by atoms with Crippen LogP contribution in [0.2, 0.25) is 5.02 Å². The maximum atomic E-state index is 12.8. The van der Waals surface area contributed by atoms with Crippen molar-refractivity contribution in [1.29, 1.82) is 0 Å². The number of fused-ring (bicyclic) bond motifs is 1. The molecule has 0 aliphatic heterocycles. The van der Waals surface area contributed by atoms with Gasteiger partial charge in [0, 0.05) is 27.9 Å². The highest BCUT2D eigenvalue weighted by Crippen LogP contribution is 2.35. The van der Waals surface area contributed by atoms with Crippen LogP contribution in [0.5, 0.6) is 11.5 Å². The van der Waals surface area contributed by atoms with Gasteiger partial charge >= 0.3 is 0 Å². The standard InChI is InChI=1S/C18H18ClNO4S2/c1-11-15-8-13(19)5-7-17(15)25-18(11)26(21,22)20-10-12-4-6-14(23-2)9-16(12)24-3/h4-9,20H,10H2,1-3H3. The fourth-order valence-corrected chi connectivity index (χ4v) is 5.63. The van der Waals surface area contributed by atoms with Gasteiger partial charge in [0.25, 0.3) is 10.0 Å². The van der Waals surface area contributed by atoms with Crippen LogP contribution in [0.1, 0.15) is 11.1 Å². The smallest absolute Gasteiger partial charge is 0.250 e. The Kier molecular flexibility index (Phi) is 5.43. The van der Waals surface area contributed by atoms with Crippen LogP contribution in [-0.4, -0.2) is 22.6 Å². The van der Waals surface area contributed by atoms with Crippen molar-refractivity contribution in [2.75, 3.05) is 14.2 Å². The number of ether oxygens (including phenoxy) is 2. The minimum absolute atomic E-state index is 0.115. The molecular weight excluding hydrogens is 394 g/mol. The summed E-state index contributed by atoms with van der Waals surface area (Å²) in [6.07, 6.45) is 0. The van der Waals surface area contributed by atoms with Crippen LogP contribution in [0.25, 0.3) is 10.1 Å². The van der Waals surface area contributed by atoms with E-state index in [9.17, 15) is 8.42 Å². The Labute approximate surface area is 161 Å². The highest BCUT2D eigenvalue weighted by molar-refractivity contribution is 7.91. The van der Waals surface area contributed by atoms with Gasteiger partial charge in [-0.25, -0.2) is 13.1 Å². The summed E-state index contributed by atoms with van der Waals surface area (Å²) in [5.41, 5.74) is 1.42. The molecule has 0 bridgehead atoms. The van der Waals surface area contributed by atoms with E-state index in [1.165, 1.54) is 18.4 Å². The van der Waals surface area contributed by atoms with Gasteiger partial charge in [0.15, 0.2) is 0 Å². The topological polar surface area (TPSA) is 64.6 Å². The van der Waals surface area contributed by atoms with Crippen molar-refractivity contribution < 1.29 is 17.9 Å². The number of benzene rings is 2. The molecule has 0 atom stereocenters. The van der Waals surface area contributed by atoms with Crippen molar-refractivity contribution in [2.45, 2.75) is 17.7 Å². The summed E-state index contributed by atoms with van der Waals surface area (Å²) in [6, 6.07) is 10.6. The van der Waals surface area contributed by atoms with Crippen molar-refractivity contribution >= 4 is 43.0 Å². The Hall–Kier alpha value is -1.80. The van der Waals surface area contributed by atoms with E-state index in [1.807, 2.05) is 6.07 Å². The van der Waals surface area contributed by atoms with Crippen molar-refractivity contribution in [3.8, 4) is 11.5 Å². The molecule has 1 heterocycles. The number of hydrogen-bond acceptors (Lipinski definition) is 5. The average Bonchev–Trinajstić information content (AvgIpc) is 2.97. The maximum absolute atomic E-state index is 12.8. The first-order valence-electron chi connectivity index (χ1n) is 7.75. The van der Waals surface area contributed by atoms with Gasteiger partial charge in [0.1, 0.15) is 15.7 Å². The summed E-state index contributed by atoms with van der Waals surface area (Å²) in [6.45, 7) is 1.90. The summed E-state index contributed by atoms with van der Waals surface area (Å²) >= 11 is 7.26. The van der Waals surface area contributed by atoms with Gasteiger partial charge in [0.05, 0.1) is 14.2 Å². The van der Waals surface area contributed by atoms with Gasteiger partial charge in [-0.2, -0.15) is 0 Å². The molecule has 0 saturated heterocycles. The van der Waals surface area contributed by atoms with E-state index in [0.717, 1.165) is 15.6 Å². The summed E-state index contributed by atoms with van der Waals surface area (Å²) in [5.74, 6) is 1.21. The Morgan fingerprint density at radius 3 is 2.58 bits per heavy atom. The summed E-state index contributed by atoms with van der Waals surface area (Å²) in [4.78, 5) is 0. The molecule has 1 aromatic heterocycles. The molecule has 0 fully saturated rings. The maximum Gasteiger partial charge on any atom is 0.250 e. The van der Waals surface area contributed by atoms with E-state index in [-0.39, 0.29) is 6.54 Å². The lowest BCUT2D eigenvalue weighted by Gasteiger charge is -2.11. The minimum atomic E-state index is -3.67. The van der Waals surface area contributed by atoms with Crippen LogP contribution >= 0.6 is 22.9 Å². The van der Waals surface area contributed by atoms with Gasteiger partial charge in [0.2, 0.25) is 0 Å². The monoisotopic (exact) mass is 411 g/mol. The third kappa shape index (κ3) is 3.66. The molecule has 0 aliphatic rings. The van der Waals surface area contributed by atoms with Crippen LogP contribution in [0.15, 0.2) is 40.6 Å². The normalized spacial score (nSPS) is 11.7. The molecule has 3 aromatic rings. The Morgan fingerprint density at radius 1 is 1.12 bits per heavy atom. The van der Waals surface area contributed by atoms with Crippen LogP contribution in [0, 0.1) is 6.92 Å². The van der Waals surface area contributed by atoms with Crippen molar-refractivity contribution in [3.05, 3.63) is 52.5 Å². The zero-order valence-electron chi connectivity index (χ0n) is 14.5. The average molecular weight is 412 g/mol. The number of aryl methyl sites for hydroxylation is 1. The van der Waals surface area contributed by atoms with E-state index >= 15 is 0 Å². The Morgan fingerprint density at radius 2 is 1.88 bits per heavy atom. The lowest BCUT2D eigenvalue weighted by molar-refractivity contribution is 0.390. The fraction of sp³-hybridized carbons (Fsp3) is 0.222. The molecule has 0 amide bonds. The van der Waals surface area contributed by atoms with E-state index in [0.29, 0.717) is 26.3 Å². The van der Waals surface area contributed by atoms with Gasteiger partial charge in [-0.1, -0.05) is 17.7 Å². The SMILES string of the molecule is COc1ccc(CNS(=O)(=O)c2sc3ccc(Cl)cc3c2C)c(OC)c1. The molecule has 0 unspecified atom stereocenters. The van der Waals surface area contributed by atoms with Gasteiger partial charge in [-0.3, -0.25) is 0 Å². The first-order chi connectivity index (χ1) is 12.4. The Balaban J connectivity index is 1.89. The van der Waals surface area contributed by atoms with E-state index in [4.69, 9.17) is 21.1 Å². The lowest BCUT2D eigenvalue weighted by Crippen LogP contribution is -2.23. The molecular formula is C18H18ClNO4S2. The number of sulfonamides is 1. The summed E-state index contributed by atoms with van der Waals surface area (Å²) in [7, 11) is -0.568. The molecule has 138 valence electrons. The minimum Gasteiger partial charge on any atom is -0.497 e. The predicted octanol–water partition coefficient (Wildman–Crippen LogP) is 4.36. The zero-order chi connectivity index (χ0) is 18.9. The number of rotatable bonds is 6.